The van der Waals surface area contributed by atoms with Gasteiger partial charge >= 0.3 is 0 Å². The molecule has 0 bridgehead atoms. The number of benzene rings is 3. The summed E-state index contributed by atoms with van der Waals surface area (Å²) in [5, 5.41) is 12.3. The average molecular weight is 452 g/mol. The Hall–Kier alpha value is -4.37. The summed E-state index contributed by atoms with van der Waals surface area (Å²) in [6.07, 6.45) is 0.892. The van der Waals surface area contributed by atoms with Crippen LogP contribution in [-0.2, 0) is 9.59 Å². The first-order chi connectivity index (χ1) is 16.4. The van der Waals surface area contributed by atoms with Crippen LogP contribution in [0.1, 0.15) is 35.6 Å². The van der Waals surface area contributed by atoms with Crippen molar-refractivity contribution in [3.8, 4) is 11.8 Å². The van der Waals surface area contributed by atoms with Crippen LogP contribution in [0.2, 0.25) is 0 Å². The van der Waals surface area contributed by atoms with Crippen LogP contribution in [0.3, 0.4) is 0 Å². The zero-order valence-corrected chi connectivity index (χ0v) is 19.4. The topological polar surface area (TPSA) is 82.4 Å². The number of ether oxygens (including phenoxy) is 1. The van der Waals surface area contributed by atoms with E-state index in [4.69, 9.17) is 10.00 Å². The van der Waals surface area contributed by atoms with Gasteiger partial charge < -0.3 is 10.1 Å². The molecule has 6 nitrogen and oxygen atoms in total. The van der Waals surface area contributed by atoms with Crippen LogP contribution in [0.4, 0.5) is 11.4 Å². The molecule has 0 saturated carbocycles. The molecule has 1 aliphatic heterocycles. The number of anilines is 2. The van der Waals surface area contributed by atoms with Crippen LogP contribution in [0.25, 0.3) is 5.57 Å². The summed E-state index contributed by atoms with van der Waals surface area (Å²) >= 11 is 0. The van der Waals surface area contributed by atoms with Crippen LogP contribution in [0, 0.1) is 25.2 Å². The van der Waals surface area contributed by atoms with Gasteiger partial charge in [-0.15, -0.1) is 0 Å². The first kappa shape index (κ1) is 22.8. The average Bonchev–Trinajstić information content (AvgIpc) is 3.09. The molecule has 6 heteroatoms. The number of hydrogen-bond donors (Lipinski definition) is 1. The largest absolute Gasteiger partial charge is 0.494 e. The number of nitriles is 1. The molecular weight excluding hydrogens is 426 g/mol. The Morgan fingerprint density at radius 2 is 1.65 bits per heavy atom. The van der Waals surface area contributed by atoms with E-state index in [0.29, 0.717) is 29.2 Å². The molecule has 0 aliphatic carbocycles. The fourth-order valence-corrected chi connectivity index (χ4v) is 3.86. The van der Waals surface area contributed by atoms with Gasteiger partial charge in [-0.25, -0.2) is 4.90 Å². The van der Waals surface area contributed by atoms with Gasteiger partial charge in [0.15, 0.2) is 0 Å². The summed E-state index contributed by atoms with van der Waals surface area (Å²) in [7, 11) is 0. The van der Waals surface area contributed by atoms with Gasteiger partial charge in [0.05, 0.1) is 29.5 Å². The lowest BCUT2D eigenvalue weighted by molar-refractivity contribution is -0.120. The van der Waals surface area contributed by atoms with Crippen molar-refractivity contribution in [2.24, 2.45) is 0 Å². The third-order valence-electron chi connectivity index (χ3n) is 5.60. The number of hydrogen-bond acceptors (Lipinski definition) is 5. The molecule has 4 rings (SSSR count). The Bertz CT molecular complexity index is 1320. The molecule has 3 aromatic rings. The summed E-state index contributed by atoms with van der Waals surface area (Å²) in [5.74, 6) is -0.170. The molecule has 0 atom stereocenters. The first-order valence-corrected chi connectivity index (χ1v) is 11.1. The maximum Gasteiger partial charge on any atom is 0.282 e. The molecule has 1 aliphatic rings. The second-order valence-corrected chi connectivity index (χ2v) is 8.17. The molecular formula is C28H25N3O3. The lowest BCUT2D eigenvalue weighted by atomic mass is 10.0. The van der Waals surface area contributed by atoms with Crippen molar-refractivity contribution in [1.82, 2.24) is 0 Å². The van der Waals surface area contributed by atoms with Crippen LogP contribution in [0.15, 0.2) is 72.4 Å². The molecule has 34 heavy (non-hydrogen) atoms. The molecule has 0 saturated heterocycles. The highest BCUT2D eigenvalue weighted by Gasteiger charge is 2.40. The lowest BCUT2D eigenvalue weighted by Gasteiger charge is -2.16. The number of rotatable bonds is 7. The Morgan fingerprint density at radius 3 is 2.26 bits per heavy atom. The van der Waals surface area contributed by atoms with Crippen molar-refractivity contribution in [1.29, 1.82) is 5.26 Å². The molecule has 0 spiro atoms. The Kier molecular flexibility index (Phi) is 6.46. The van der Waals surface area contributed by atoms with Gasteiger partial charge in [-0.05, 0) is 73.9 Å². The van der Waals surface area contributed by atoms with Gasteiger partial charge in [0.1, 0.15) is 11.4 Å². The molecule has 0 radical (unpaired) electrons. The Morgan fingerprint density at radius 1 is 0.941 bits per heavy atom. The van der Waals surface area contributed by atoms with Gasteiger partial charge in [-0.2, -0.15) is 5.26 Å². The van der Waals surface area contributed by atoms with Crippen molar-refractivity contribution in [3.05, 3.63) is 94.7 Å². The minimum atomic E-state index is -0.448. The van der Waals surface area contributed by atoms with Crippen molar-refractivity contribution in [2.75, 3.05) is 16.8 Å². The predicted octanol–water partition coefficient (Wildman–Crippen LogP) is 5.36. The quantitative estimate of drug-likeness (QED) is 0.489. The number of carbonyl (C=O) groups excluding carboxylic acids is 2. The van der Waals surface area contributed by atoms with Gasteiger partial charge in [-0.1, -0.05) is 36.8 Å². The minimum Gasteiger partial charge on any atom is -0.494 e. The van der Waals surface area contributed by atoms with E-state index in [0.717, 1.165) is 28.1 Å². The number of carbonyl (C=O) groups is 2. The fraction of sp³-hybridized carbons (Fsp3) is 0.179. The predicted molar refractivity (Wildman–Crippen MR) is 132 cm³/mol. The molecule has 2 amide bonds. The SMILES string of the molecule is CCCOc1ccc(C2=C(Nc3ccc(C)cc3C)C(=O)N(c3ccc(C#N)cc3)C2=O)cc1. The molecule has 1 heterocycles. The maximum absolute atomic E-state index is 13.6. The van der Waals surface area contributed by atoms with Crippen LogP contribution in [-0.4, -0.2) is 18.4 Å². The third-order valence-corrected chi connectivity index (χ3v) is 5.60. The normalized spacial score (nSPS) is 13.3. The number of imide groups is 1. The number of nitrogens with zero attached hydrogens (tertiary/aromatic N) is 2. The van der Waals surface area contributed by atoms with E-state index in [-0.39, 0.29) is 11.3 Å². The number of amides is 2. The van der Waals surface area contributed by atoms with E-state index in [9.17, 15) is 9.59 Å². The van der Waals surface area contributed by atoms with Crippen molar-refractivity contribution < 1.29 is 14.3 Å². The van der Waals surface area contributed by atoms with Crippen molar-refractivity contribution in [3.63, 3.8) is 0 Å². The highest BCUT2D eigenvalue weighted by atomic mass is 16.5. The molecule has 0 unspecified atom stereocenters. The van der Waals surface area contributed by atoms with E-state index in [1.54, 1.807) is 48.5 Å². The van der Waals surface area contributed by atoms with E-state index in [2.05, 4.69) is 11.4 Å². The Balaban J connectivity index is 1.77. The summed E-state index contributed by atoms with van der Waals surface area (Å²) in [6, 6.07) is 21.5. The van der Waals surface area contributed by atoms with E-state index >= 15 is 0 Å². The van der Waals surface area contributed by atoms with Gasteiger partial charge in [-0.3, -0.25) is 9.59 Å². The van der Waals surface area contributed by atoms with Crippen molar-refractivity contribution >= 4 is 28.8 Å². The van der Waals surface area contributed by atoms with Crippen LogP contribution < -0.4 is 15.0 Å². The smallest absolute Gasteiger partial charge is 0.282 e. The van der Waals surface area contributed by atoms with E-state index in [1.165, 1.54) is 0 Å². The monoisotopic (exact) mass is 451 g/mol. The second-order valence-electron chi connectivity index (χ2n) is 8.17. The molecule has 1 N–H and O–H groups in total. The van der Waals surface area contributed by atoms with Gasteiger partial charge in [0.25, 0.3) is 11.8 Å². The second kappa shape index (κ2) is 9.63. The summed E-state index contributed by atoms with van der Waals surface area (Å²) in [4.78, 5) is 28.3. The number of nitrogens with one attached hydrogen (secondary N) is 1. The summed E-state index contributed by atoms with van der Waals surface area (Å²) < 4.78 is 5.66. The molecule has 0 fully saturated rings. The lowest BCUT2D eigenvalue weighted by Crippen LogP contribution is -2.32. The Labute approximate surface area is 199 Å². The third kappa shape index (κ3) is 4.41. The minimum absolute atomic E-state index is 0.212. The molecule has 3 aromatic carbocycles. The molecule has 170 valence electrons. The van der Waals surface area contributed by atoms with E-state index < -0.39 is 11.8 Å². The van der Waals surface area contributed by atoms with E-state index in [1.807, 2.05) is 39.0 Å². The highest BCUT2D eigenvalue weighted by molar-refractivity contribution is 6.46. The highest BCUT2D eigenvalue weighted by Crippen LogP contribution is 2.35. The molecule has 0 aromatic heterocycles. The standard InChI is InChI=1S/C28H25N3O3/c1-4-15-34-23-12-8-21(9-13-23)25-26(30-24-14-5-18(2)16-19(24)3)28(33)31(27(25)32)22-10-6-20(17-29)7-11-22/h5-14,16,30H,4,15H2,1-3H3. The zero-order valence-electron chi connectivity index (χ0n) is 19.4. The van der Waals surface area contributed by atoms with Gasteiger partial charge in [0, 0.05) is 5.69 Å². The summed E-state index contributed by atoms with van der Waals surface area (Å²) in [6.45, 7) is 6.59. The van der Waals surface area contributed by atoms with Gasteiger partial charge in [0.2, 0.25) is 0 Å². The van der Waals surface area contributed by atoms with Crippen LogP contribution >= 0.6 is 0 Å². The van der Waals surface area contributed by atoms with Crippen LogP contribution in [0.5, 0.6) is 5.75 Å². The first-order valence-electron chi connectivity index (χ1n) is 11.1. The zero-order chi connectivity index (χ0) is 24.2. The number of aryl methyl sites for hydroxylation is 2. The maximum atomic E-state index is 13.6. The van der Waals surface area contributed by atoms with Crippen molar-refractivity contribution in [2.45, 2.75) is 27.2 Å². The summed E-state index contributed by atoms with van der Waals surface area (Å²) in [5.41, 5.74) is 4.80. The fourth-order valence-electron chi connectivity index (χ4n) is 3.86.